The predicted octanol–water partition coefficient (Wildman–Crippen LogP) is 5.24. The Balaban J connectivity index is 1.51. The second-order valence-electron chi connectivity index (χ2n) is 9.67. The van der Waals surface area contributed by atoms with Crippen molar-refractivity contribution >= 4 is 63.6 Å². The monoisotopic (exact) mass is 567 g/mol. The summed E-state index contributed by atoms with van der Waals surface area (Å²) in [5.41, 5.74) is 6.67. The average Bonchev–Trinajstić information content (AvgIpc) is 3.27. The number of amides is 3. The number of ether oxygens (including phenoxy) is 2. The lowest BCUT2D eigenvalue weighted by molar-refractivity contribution is -0.133. The zero-order valence-corrected chi connectivity index (χ0v) is 22.5. The van der Waals surface area contributed by atoms with E-state index in [2.05, 4.69) is 30.9 Å². The fourth-order valence-electron chi connectivity index (χ4n) is 3.82. The number of urea groups is 1. The van der Waals surface area contributed by atoms with E-state index in [0.29, 0.717) is 49.4 Å². The van der Waals surface area contributed by atoms with Gasteiger partial charge in [-0.25, -0.2) is 14.8 Å². The van der Waals surface area contributed by atoms with Crippen molar-refractivity contribution < 1.29 is 19.1 Å². The molecule has 39 heavy (non-hydrogen) atoms. The quantitative estimate of drug-likeness (QED) is 0.255. The number of nitrogens with one attached hydrogen (secondary N) is 3. The van der Waals surface area contributed by atoms with Gasteiger partial charge in [-0.2, -0.15) is 4.98 Å². The van der Waals surface area contributed by atoms with Crippen molar-refractivity contribution in [3.8, 4) is 22.6 Å². The molecule has 0 radical (unpaired) electrons. The number of rotatable bonds is 5. The number of fused-ring (bicyclic) bond motifs is 2. The standard InChI is InChI=1S/C26H23Cl2N7O4/c1-26(2,3)35-25(37)34-22-14(19-15(27)5-4-6-16(19)28)9-12-11-30-24(33-21(12)32-22)31-13-7-8-17-18(10-13)39-23(38-17)20(29)36/h4-11,23H,1-3H3,(H2,29,36)(H3,30,31,32,33,34,35,37). The summed E-state index contributed by atoms with van der Waals surface area (Å²) in [6.45, 7) is 5.59. The van der Waals surface area contributed by atoms with Crippen LogP contribution in [0.1, 0.15) is 20.8 Å². The highest BCUT2D eigenvalue weighted by Gasteiger charge is 2.29. The van der Waals surface area contributed by atoms with Crippen molar-refractivity contribution in [3.63, 3.8) is 0 Å². The number of halogens is 2. The molecule has 2 aromatic carbocycles. The van der Waals surface area contributed by atoms with Crippen LogP contribution in [0.3, 0.4) is 0 Å². The molecule has 0 aliphatic carbocycles. The third-order valence-corrected chi connectivity index (χ3v) is 6.05. The number of carbonyl (C=O) groups excluding carboxylic acids is 2. The number of hydrogen-bond acceptors (Lipinski definition) is 8. The molecule has 0 fully saturated rings. The minimum atomic E-state index is -1.18. The molecule has 0 saturated heterocycles. The van der Waals surface area contributed by atoms with Crippen molar-refractivity contribution in [1.82, 2.24) is 20.3 Å². The maximum atomic E-state index is 12.8. The summed E-state index contributed by atoms with van der Waals surface area (Å²) < 4.78 is 10.8. The first kappa shape index (κ1) is 26.3. The summed E-state index contributed by atoms with van der Waals surface area (Å²) in [6.07, 6.45) is 0.402. The summed E-state index contributed by atoms with van der Waals surface area (Å²) in [7, 11) is 0. The highest BCUT2D eigenvalue weighted by molar-refractivity contribution is 6.39. The fourth-order valence-corrected chi connectivity index (χ4v) is 4.42. The van der Waals surface area contributed by atoms with Gasteiger partial charge in [0.1, 0.15) is 5.82 Å². The number of nitrogens with two attached hydrogens (primary N) is 1. The molecule has 5 N–H and O–H groups in total. The Morgan fingerprint density at radius 2 is 1.72 bits per heavy atom. The molecular formula is C26H23Cl2N7O4. The van der Waals surface area contributed by atoms with Crippen LogP contribution >= 0.6 is 23.2 Å². The van der Waals surface area contributed by atoms with Gasteiger partial charge in [0.05, 0.1) is 10.0 Å². The summed E-state index contributed by atoms with van der Waals surface area (Å²) in [6, 6.07) is 11.4. The largest absolute Gasteiger partial charge is 0.442 e. The van der Waals surface area contributed by atoms with Crippen LogP contribution in [-0.4, -0.2) is 38.7 Å². The minimum absolute atomic E-state index is 0.212. The SMILES string of the molecule is CC(C)(C)NC(=O)Nc1nc2nc(Nc3ccc4c(c3)OC(C(N)=O)O4)ncc2cc1-c1c(Cl)cccc1Cl. The van der Waals surface area contributed by atoms with Crippen molar-refractivity contribution in [3.05, 3.63) is 58.7 Å². The number of pyridine rings is 1. The Morgan fingerprint density at radius 3 is 2.41 bits per heavy atom. The molecule has 11 nitrogen and oxygen atoms in total. The van der Waals surface area contributed by atoms with E-state index in [9.17, 15) is 9.59 Å². The van der Waals surface area contributed by atoms with E-state index in [1.165, 1.54) is 0 Å². The van der Waals surface area contributed by atoms with Crippen LogP contribution in [0, 0.1) is 0 Å². The Kier molecular flexibility index (Phi) is 6.79. The first-order valence-electron chi connectivity index (χ1n) is 11.7. The van der Waals surface area contributed by atoms with Gasteiger partial charge < -0.3 is 25.8 Å². The first-order chi connectivity index (χ1) is 18.5. The number of hydrogen-bond donors (Lipinski definition) is 4. The van der Waals surface area contributed by atoms with Crippen LogP contribution in [0.25, 0.3) is 22.2 Å². The van der Waals surface area contributed by atoms with Crippen LogP contribution in [0.5, 0.6) is 11.5 Å². The molecule has 1 atom stereocenters. The lowest BCUT2D eigenvalue weighted by Gasteiger charge is -2.21. The summed E-state index contributed by atoms with van der Waals surface area (Å²) in [4.78, 5) is 37.6. The highest BCUT2D eigenvalue weighted by atomic mass is 35.5. The summed E-state index contributed by atoms with van der Waals surface area (Å²) in [5, 5.41) is 10.1. The topological polar surface area (TPSA) is 153 Å². The number of primary amides is 1. The normalized spacial score (nSPS) is 14.2. The summed E-state index contributed by atoms with van der Waals surface area (Å²) in [5.74, 6) is 0.446. The molecule has 0 saturated carbocycles. The van der Waals surface area contributed by atoms with Gasteiger partial charge in [0.25, 0.3) is 5.91 Å². The van der Waals surface area contributed by atoms with E-state index in [1.54, 1.807) is 48.7 Å². The van der Waals surface area contributed by atoms with Crippen LogP contribution in [0.15, 0.2) is 48.7 Å². The van der Waals surface area contributed by atoms with Crippen LogP contribution in [0.4, 0.5) is 22.2 Å². The third kappa shape index (κ3) is 5.74. The van der Waals surface area contributed by atoms with Crippen LogP contribution in [-0.2, 0) is 4.79 Å². The highest BCUT2D eigenvalue weighted by Crippen LogP contribution is 2.40. The maximum Gasteiger partial charge on any atom is 0.321 e. The van der Waals surface area contributed by atoms with E-state index in [1.807, 2.05) is 20.8 Å². The molecule has 1 aliphatic rings. The molecule has 3 amide bonds. The zero-order chi connectivity index (χ0) is 27.9. The number of anilines is 3. The van der Waals surface area contributed by atoms with Gasteiger partial charge in [-0.1, -0.05) is 29.3 Å². The fraction of sp³-hybridized carbons (Fsp3) is 0.192. The molecule has 1 aliphatic heterocycles. The van der Waals surface area contributed by atoms with E-state index in [4.69, 9.17) is 38.4 Å². The summed E-state index contributed by atoms with van der Waals surface area (Å²) >= 11 is 13.0. The number of nitrogens with zero attached hydrogens (tertiary/aromatic N) is 3. The van der Waals surface area contributed by atoms with Gasteiger partial charge in [-0.15, -0.1) is 0 Å². The molecule has 5 rings (SSSR count). The molecule has 2 aromatic heterocycles. The van der Waals surface area contributed by atoms with Crippen LogP contribution < -0.4 is 31.2 Å². The predicted molar refractivity (Wildman–Crippen MR) is 149 cm³/mol. The van der Waals surface area contributed by atoms with E-state index in [0.717, 1.165) is 0 Å². The van der Waals surface area contributed by atoms with E-state index < -0.39 is 23.8 Å². The third-order valence-electron chi connectivity index (χ3n) is 5.42. The molecular weight excluding hydrogens is 545 g/mol. The maximum absolute atomic E-state index is 12.8. The van der Waals surface area contributed by atoms with E-state index >= 15 is 0 Å². The van der Waals surface area contributed by atoms with Gasteiger partial charge in [0.2, 0.25) is 5.95 Å². The molecule has 1 unspecified atom stereocenters. The first-order valence-corrected chi connectivity index (χ1v) is 12.5. The Morgan fingerprint density at radius 1 is 1.00 bits per heavy atom. The van der Waals surface area contributed by atoms with Crippen molar-refractivity contribution in [2.45, 2.75) is 32.6 Å². The van der Waals surface area contributed by atoms with Gasteiger partial charge in [0, 0.05) is 40.0 Å². The molecule has 4 aromatic rings. The number of aromatic nitrogens is 3. The Hall–Kier alpha value is -4.35. The zero-order valence-electron chi connectivity index (χ0n) is 21.0. The minimum Gasteiger partial charge on any atom is -0.442 e. The lowest BCUT2D eigenvalue weighted by atomic mass is 10.0. The lowest BCUT2D eigenvalue weighted by Crippen LogP contribution is -2.43. The van der Waals surface area contributed by atoms with Gasteiger partial charge >= 0.3 is 12.3 Å². The van der Waals surface area contributed by atoms with Gasteiger partial charge in [-0.3, -0.25) is 10.1 Å². The number of benzene rings is 2. The molecule has 0 bridgehead atoms. The Bertz CT molecular complexity index is 1600. The molecule has 0 spiro atoms. The second kappa shape index (κ2) is 10.1. The van der Waals surface area contributed by atoms with Crippen molar-refractivity contribution in [1.29, 1.82) is 0 Å². The van der Waals surface area contributed by atoms with Crippen molar-refractivity contribution in [2.75, 3.05) is 10.6 Å². The molecule has 200 valence electrons. The second-order valence-corrected chi connectivity index (χ2v) is 10.5. The van der Waals surface area contributed by atoms with Gasteiger partial charge in [0.15, 0.2) is 17.1 Å². The van der Waals surface area contributed by atoms with E-state index in [-0.39, 0.29) is 11.8 Å². The van der Waals surface area contributed by atoms with Gasteiger partial charge in [-0.05, 0) is 51.1 Å². The Labute approximate surface area is 233 Å². The number of carbonyl (C=O) groups is 2. The average molecular weight is 568 g/mol. The smallest absolute Gasteiger partial charge is 0.321 e. The van der Waals surface area contributed by atoms with Crippen LogP contribution in [0.2, 0.25) is 10.0 Å². The molecule has 3 heterocycles. The molecule has 13 heteroatoms. The van der Waals surface area contributed by atoms with Crippen molar-refractivity contribution in [2.24, 2.45) is 5.73 Å².